The van der Waals surface area contributed by atoms with Crippen molar-refractivity contribution in [3.63, 3.8) is 0 Å². The van der Waals surface area contributed by atoms with Crippen molar-refractivity contribution in [2.45, 2.75) is 13.1 Å². The van der Waals surface area contributed by atoms with Crippen LogP contribution in [0.25, 0.3) is 22.1 Å². The highest BCUT2D eigenvalue weighted by Gasteiger charge is 2.14. The van der Waals surface area contributed by atoms with Gasteiger partial charge in [0, 0.05) is 40.3 Å². The predicted octanol–water partition coefficient (Wildman–Crippen LogP) is 2.84. The van der Waals surface area contributed by atoms with Crippen LogP contribution in [-0.4, -0.2) is 108 Å². The van der Waals surface area contributed by atoms with E-state index in [1.807, 2.05) is 12.1 Å². The average molecular weight is 551 g/mol. The van der Waals surface area contributed by atoms with Crippen molar-refractivity contribution in [3.8, 4) is 0 Å². The molecule has 40 heavy (non-hydrogen) atoms. The van der Waals surface area contributed by atoms with E-state index in [1.54, 1.807) is 0 Å². The van der Waals surface area contributed by atoms with Crippen LogP contribution in [0, 0.1) is 0 Å². The Balaban J connectivity index is 1.12. The highest BCUT2D eigenvalue weighted by atomic mass is 16.5. The van der Waals surface area contributed by atoms with Crippen molar-refractivity contribution in [3.05, 3.63) is 60.2 Å². The van der Waals surface area contributed by atoms with Gasteiger partial charge < -0.3 is 28.1 Å². The van der Waals surface area contributed by atoms with Crippen molar-refractivity contribution in [1.82, 2.24) is 28.9 Å². The molecule has 0 atom stereocenters. The highest BCUT2D eigenvalue weighted by Crippen LogP contribution is 2.17. The van der Waals surface area contributed by atoms with E-state index in [0.29, 0.717) is 52.9 Å². The minimum atomic E-state index is 0.574. The van der Waals surface area contributed by atoms with Gasteiger partial charge in [-0.15, -0.1) is 0 Å². The van der Waals surface area contributed by atoms with Crippen LogP contribution in [0.3, 0.4) is 0 Å². The van der Waals surface area contributed by atoms with Gasteiger partial charge in [0.1, 0.15) is 11.6 Å². The number of aromatic nitrogens is 4. The first-order chi connectivity index (χ1) is 19.7. The molecule has 0 spiro atoms. The van der Waals surface area contributed by atoms with Gasteiger partial charge in [0.2, 0.25) is 0 Å². The number of aryl methyl sites for hydroxylation is 2. The Morgan fingerprint density at radius 1 is 0.525 bits per heavy atom. The molecule has 5 rings (SSSR count). The SMILES string of the molecule is Cn1c(CN2CCOCCOCCN(Cc3nc4ccccc4n3C)CCOCCOCC2)nc2ccccc21. The highest BCUT2D eigenvalue weighted by molar-refractivity contribution is 5.76. The predicted molar refractivity (Wildman–Crippen MR) is 155 cm³/mol. The lowest BCUT2D eigenvalue weighted by molar-refractivity contribution is 0.00558. The topological polar surface area (TPSA) is 79.0 Å². The molecule has 0 unspecified atom stereocenters. The summed E-state index contributed by atoms with van der Waals surface area (Å²) in [5, 5.41) is 0. The zero-order chi connectivity index (χ0) is 27.6. The van der Waals surface area contributed by atoms with E-state index in [0.717, 1.165) is 73.0 Å². The van der Waals surface area contributed by atoms with E-state index in [2.05, 4.69) is 69.4 Å². The van der Waals surface area contributed by atoms with Gasteiger partial charge in [-0.05, 0) is 24.3 Å². The molecule has 4 aromatic rings. The Morgan fingerprint density at radius 3 is 1.23 bits per heavy atom. The molecule has 1 fully saturated rings. The van der Waals surface area contributed by atoms with Gasteiger partial charge in [0.25, 0.3) is 0 Å². The number of benzene rings is 2. The monoisotopic (exact) mass is 550 g/mol. The van der Waals surface area contributed by atoms with Gasteiger partial charge in [0.15, 0.2) is 0 Å². The number of ether oxygens (including phenoxy) is 4. The second-order valence-corrected chi connectivity index (χ2v) is 10.2. The Bertz CT molecular complexity index is 1220. The molecule has 2 aromatic heterocycles. The first kappa shape index (κ1) is 28.7. The summed E-state index contributed by atoms with van der Waals surface area (Å²) in [6.07, 6.45) is 0. The molecule has 216 valence electrons. The molecule has 3 heterocycles. The van der Waals surface area contributed by atoms with E-state index in [1.165, 1.54) is 0 Å². The summed E-state index contributed by atoms with van der Waals surface area (Å²) >= 11 is 0. The van der Waals surface area contributed by atoms with Crippen molar-refractivity contribution >= 4 is 22.1 Å². The van der Waals surface area contributed by atoms with E-state index in [9.17, 15) is 0 Å². The number of fused-ring (bicyclic) bond motifs is 2. The first-order valence-corrected chi connectivity index (χ1v) is 14.3. The number of rotatable bonds is 4. The summed E-state index contributed by atoms with van der Waals surface area (Å²) in [5.74, 6) is 2.08. The normalized spacial score (nSPS) is 18.6. The smallest absolute Gasteiger partial charge is 0.123 e. The van der Waals surface area contributed by atoms with Gasteiger partial charge in [-0.1, -0.05) is 24.3 Å². The number of hydrogen-bond acceptors (Lipinski definition) is 8. The molecule has 0 amide bonds. The summed E-state index contributed by atoms with van der Waals surface area (Å²) in [6.45, 7) is 9.52. The summed E-state index contributed by atoms with van der Waals surface area (Å²) in [6, 6.07) is 16.5. The Morgan fingerprint density at radius 2 is 0.875 bits per heavy atom. The molecule has 0 saturated carbocycles. The Labute approximate surface area is 236 Å². The molecule has 1 aliphatic heterocycles. The Hall–Kier alpha value is -2.86. The summed E-state index contributed by atoms with van der Waals surface area (Å²) in [5.41, 5.74) is 4.34. The third-order valence-electron chi connectivity index (χ3n) is 7.44. The minimum Gasteiger partial charge on any atom is -0.378 e. The fourth-order valence-electron chi connectivity index (χ4n) is 5.03. The lowest BCUT2D eigenvalue weighted by atomic mass is 10.3. The van der Waals surface area contributed by atoms with Crippen molar-refractivity contribution in [2.75, 3.05) is 79.0 Å². The van der Waals surface area contributed by atoms with Crippen molar-refractivity contribution in [1.29, 1.82) is 0 Å². The number of nitrogens with zero attached hydrogens (tertiary/aromatic N) is 6. The fraction of sp³-hybridized carbons (Fsp3) is 0.533. The third kappa shape index (κ3) is 7.66. The van der Waals surface area contributed by atoms with E-state index in [4.69, 9.17) is 28.9 Å². The molecular weight excluding hydrogens is 508 g/mol. The van der Waals surface area contributed by atoms with Crippen molar-refractivity contribution < 1.29 is 18.9 Å². The molecule has 10 heteroatoms. The lowest BCUT2D eigenvalue weighted by Gasteiger charge is -2.23. The second kappa shape index (κ2) is 14.7. The molecular formula is C30H42N6O4. The Kier molecular flexibility index (Phi) is 10.5. The molecule has 0 N–H and O–H groups in total. The van der Waals surface area contributed by atoms with Crippen molar-refractivity contribution in [2.24, 2.45) is 14.1 Å². The lowest BCUT2D eigenvalue weighted by Crippen LogP contribution is -2.33. The molecule has 1 aliphatic rings. The molecule has 0 aliphatic carbocycles. The van der Waals surface area contributed by atoms with Gasteiger partial charge in [0.05, 0.1) is 88.0 Å². The molecule has 0 bridgehead atoms. The quantitative estimate of drug-likeness (QED) is 0.384. The van der Waals surface area contributed by atoms with Crippen LogP contribution in [0.15, 0.2) is 48.5 Å². The summed E-state index contributed by atoms with van der Waals surface area (Å²) in [4.78, 5) is 14.4. The zero-order valence-corrected chi connectivity index (χ0v) is 23.8. The third-order valence-corrected chi connectivity index (χ3v) is 7.44. The number of hydrogen-bond donors (Lipinski definition) is 0. The maximum Gasteiger partial charge on any atom is 0.123 e. The summed E-state index contributed by atoms with van der Waals surface area (Å²) < 4.78 is 28.0. The second-order valence-electron chi connectivity index (χ2n) is 10.2. The minimum absolute atomic E-state index is 0.574. The van der Waals surface area contributed by atoms with E-state index >= 15 is 0 Å². The van der Waals surface area contributed by atoms with Crippen LogP contribution >= 0.6 is 0 Å². The molecule has 1 saturated heterocycles. The van der Waals surface area contributed by atoms with Crippen LogP contribution in [0.5, 0.6) is 0 Å². The standard InChI is InChI=1S/C30H42N6O4/c1-33-27-9-5-3-7-25(27)31-29(33)23-35-11-15-37-19-21-39-17-13-36(14-18-40-22-20-38-16-12-35)24-30-32-26-8-4-6-10-28(26)34(30)2/h3-10H,11-24H2,1-2H3. The largest absolute Gasteiger partial charge is 0.378 e. The average Bonchev–Trinajstić information content (AvgIpc) is 3.46. The van der Waals surface area contributed by atoms with E-state index < -0.39 is 0 Å². The van der Waals surface area contributed by atoms with Crippen LogP contribution in [-0.2, 0) is 46.1 Å². The zero-order valence-electron chi connectivity index (χ0n) is 23.8. The molecule has 2 aromatic carbocycles. The van der Waals surface area contributed by atoms with Crippen LogP contribution in [0.4, 0.5) is 0 Å². The molecule has 10 nitrogen and oxygen atoms in total. The van der Waals surface area contributed by atoms with Gasteiger partial charge in [-0.3, -0.25) is 9.80 Å². The first-order valence-electron chi connectivity index (χ1n) is 14.3. The van der Waals surface area contributed by atoms with Gasteiger partial charge >= 0.3 is 0 Å². The van der Waals surface area contributed by atoms with E-state index in [-0.39, 0.29) is 0 Å². The molecule has 0 radical (unpaired) electrons. The van der Waals surface area contributed by atoms with Crippen LogP contribution in [0.1, 0.15) is 11.6 Å². The maximum atomic E-state index is 5.93. The van der Waals surface area contributed by atoms with Crippen LogP contribution in [0.2, 0.25) is 0 Å². The maximum absolute atomic E-state index is 5.93. The summed E-state index contributed by atoms with van der Waals surface area (Å²) in [7, 11) is 4.16. The van der Waals surface area contributed by atoms with Crippen LogP contribution < -0.4 is 0 Å². The van der Waals surface area contributed by atoms with Gasteiger partial charge in [-0.25, -0.2) is 9.97 Å². The van der Waals surface area contributed by atoms with Gasteiger partial charge in [-0.2, -0.15) is 0 Å². The number of para-hydroxylation sites is 4. The number of imidazole rings is 2. The fourth-order valence-corrected chi connectivity index (χ4v) is 5.03.